The number of carbonyl (C=O) groups excluding carboxylic acids is 2. The van der Waals surface area contributed by atoms with Crippen LogP contribution in [0.2, 0.25) is 0 Å². The Kier molecular flexibility index (Phi) is 6.64. The van der Waals surface area contributed by atoms with Gasteiger partial charge in [-0.1, -0.05) is 5.16 Å². The Bertz CT molecular complexity index is 929. The van der Waals surface area contributed by atoms with E-state index in [0.717, 1.165) is 0 Å². The van der Waals surface area contributed by atoms with Crippen LogP contribution in [0.4, 0.5) is 11.5 Å². The highest BCUT2D eigenvalue weighted by molar-refractivity contribution is 8.00. The Morgan fingerprint density at radius 1 is 1.00 bits per heavy atom. The lowest BCUT2D eigenvalue weighted by atomic mass is 10.3. The van der Waals surface area contributed by atoms with Gasteiger partial charge < -0.3 is 19.9 Å². The van der Waals surface area contributed by atoms with Gasteiger partial charge >= 0.3 is 0 Å². The molecule has 9 heteroatoms. The minimum absolute atomic E-state index is 0.137. The summed E-state index contributed by atoms with van der Waals surface area (Å²) in [6, 6.07) is 12.2. The quantitative estimate of drug-likeness (QED) is 0.598. The van der Waals surface area contributed by atoms with Crippen molar-refractivity contribution in [2.45, 2.75) is 6.92 Å². The van der Waals surface area contributed by atoms with Gasteiger partial charge in [-0.25, -0.2) is 0 Å². The SMILES string of the molecule is Cc1cc(NC(=O)CSCC(=O)Nc2ccc(Oc3ccncc3)cc2)no1. The lowest BCUT2D eigenvalue weighted by molar-refractivity contribution is -0.114. The Morgan fingerprint density at radius 3 is 2.29 bits per heavy atom. The number of nitrogens with zero attached hydrogens (tertiary/aromatic N) is 2. The molecule has 0 aliphatic carbocycles. The molecule has 0 saturated carbocycles. The lowest BCUT2D eigenvalue weighted by Crippen LogP contribution is -2.18. The highest BCUT2D eigenvalue weighted by Crippen LogP contribution is 2.22. The van der Waals surface area contributed by atoms with Crippen LogP contribution in [0.15, 0.2) is 59.4 Å². The summed E-state index contributed by atoms with van der Waals surface area (Å²) in [4.78, 5) is 27.7. The average molecular weight is 398 g/mol. The van der Waals surface area contributed by atoms with E-state index in [1.807, 2.05) is 0 Å². The lowest BCUT2D eigenvalue weighted by Gasteiger charge is -2.08. The molecule has 2 N–H and O–H groups in total. The molecule has 3 aromatic rings. The predicted octanol–water partition coefficient (Wildman–Crippen LogP) is 3.48. The minimum atomic E-state index is -0.247. The molecule has 0 fully saturated rings. The standard InChI is InChI=1S/C19H18N4O4S/c1-13-10-17(23-27-13)22-19(25)12-28-11-18(24)21-14-2-4-15(5-3-14)26-16-6-8-20-9-7-16/h2-10H,11-12H2,1H3,(H,21,24)(H,22,23,25). The molecule has 2 aromatic heterocycles. The fourth-order valence-electron chi connectivity index (χ4n) is 2.19. The Morgan fingerprint density at radius 2 is 1.64 bits per heavy atom. The second-order valence-electron chi connectivity index (χ2n) is 5.72. The number of nitrogens with one attached hydrogen (secondary N) is 2. The van der Waals surface area contributed by atoms with Crippen molar-refractivity contribution >= 4 is 35.1 Å². The summed E-state index contributed by atoms with van der Waals surface area (Å²) in [5.41, 5.74) is 0.648. The topological polar surface area (TPSA) is 106 Å². The summed E-state index contributed by atoms with van der Waals surface area (Å²) in [6.07, 6.45) is 3.29. The van der Waals surface area contributed by atoms with Gasteiger partial charge in [-0.3, -0.25) is 14.6 Å². The maximum absolute atomic E-state index is 12.0. The van der Waals surface area contributed by atoms with Crippen molar-refractivity contribution in [3.05, 3.63) is 60.6 Å². The van der Waals surface area contributed by atoms with Crippen molar-refractivity contribution in [3.63, 3.8) is 0 Å². The number of aryl methyl sites for hydroxylation is 1. The third-order valence-electron chi connectivity index (χ3n) is 3.39. The van der Waals surface area contributed by atoms with Crippen LogP contribution < -0.4 is 15.4 Å². The van der Waals surface area contributed by atoms with Crippen LogP contribution >= 0.6 is 11.8 Å². The molecule has 1 aromatic carbocycles. The Balaban J connectivity index is 1.39. The first-order chi connectivity index (χ1) is 13.6. The summed E-state index contributed by atoms with van der Waals surface area (Å²) in [7, 11) is 0. The number of benzene rings is 1. The summed E-state index contributed by atoms with van der Waals surface area (Å²) in [5.74, 6) is 2.15. The average Bonchev–Trinajstić information content (AvgIpc) is 3.09. The highest BCUT2D eigenvalue weighted by atomic mass is 32.2. The van der Waals surface area contributed by atoms with Crippen molar-refractivity contribution in [3.8, 4) is 11.5 Å². The van der Waals surface area contributed by atoms with Crippen molar-refractivity contribution in [2.24, 2.45) is 0 Å². The van der Waals surface area contributed by atoms with Crippen molar-refractivity contribution < 1.29 is 18.8 Å². The summed E-state index contributed by atoms with van der Waals surface area (Å²) < 4.78 is 10.5. The highest BCUT2D eigenvalue weighted by Gasteiger charge is 2.09. The maximum Gasteiger partial charge on any atom is 0.235 e. The van der Waals surface area contributed by atoms with E-state index in [4.69, 9.17) is 9.26 Å². The van der Waals surface area contributed by atoms with Crippen LogP contribution in [0.5, 0.6) is 11.5 Å². The number of amides is 2. The van der Waals surface area contributed by atoms with Gasteiger partial charge in [0.15, 0.2) is 5.82 Å². The number of rotatable bonds is 8. The van der Waals surface area contributed by atoms with Crippen molar-refractivity contribution in [1.82, 2.24) is 10.1 Å². The fourth-order valence-corrected chi connectivity index (χ4v) is 2.80. The largest absolute Gasteiger partial charge is 0.457 e. The first kappa shape index (κ1) is 19.4. The van der Waals surface area contributed by atoms with E-state index in [1.165, 1.54) is 11.8 Å². The molecule has 28 heavy (non-hydrogen) atoms. The van der Waals surface area contributed by atoms with E-state index in [1.54, 1.807) is 61.8 Å². The van der Waals surface area contributed by atoms with Gasteiger partial charge in [0.25, 0.3) is 0 Å². The molecule has 0 aliphatic rings. The van der Waals surface area contributed by atoms with Crippen LogP contribution in [0.3, 0.4) is 0 Å². The number of ether oxygens (including phenoxy) is 1. The predicted molar refractivity (Wildman–Crippen MR) is 107 cm³/mol. The molecule has 2 amide bonds. The number of hydrogen-bond acceptors (Lipinski definition) is 7. The molecule has 0 radical (unpaired) electrons. The van der Waals surface area contributed by atoms with Crippen LogP contribution in [-0.2, 0) is 9.59 Å². The van der Waals surface area contributed by atoms with E-state index in [9.17, 15) is 9.59 Å². The molecule has 0 spiro atoms. The van der Waals surface area contributed by atoms with E-state index in [2.05, 4.69) is 20.8 Å². The molecule has 8 nitrogen and oxygen atoms in total. The van der Waals surface area contributed by atoms with Gasteiger partial charge in [-0.15, -0.1) is 11.8 Å². The van der Waals surface area contributed by atoms with Gasteiger partial charge in [0.05, 0.1) is 11.5 Å². The third kappa shape index (κ3) is 6.13. The van der Waals surface area contributed by atoms with Crippen LogP contribution in [-0.4, -0.2) is 33.5 Å². The molecule has 2 heterocycles. The third-order valence-corrected chi connectivity index (χ3v) is 4.32. The maximum atomic E-state index is 12.0. The van der Waals surface area contributed by atoms with E-state index >= 15 is 0 Å². The molecular weight excluding hydrogens is 380 g/mol. The molecule has 144 valence electrons. The molecule has 0 saturated heterocycles. The van der Waals surface area contributed by atoms with Gasteiger partial charge in [0, 0.05) is 24.1 Å². The van der Waals surface area contributed by atoms with E-state index < -0.39 is 0 Å². The van der Waals surface area contributed by atoms with Gasteiger partial charge in [0.2, 0.25) is 11.8 Å². The number of thioether (sulfide) groups is 1. The van der Waals surface area contributed by atoms with Gasteiger partial charge in [-0.2, -0.15) is 0 Å². The molecule has 0 bridgehead atoms. The molecule has 0 unspecified atom stereocenters. The second-order valence-corrected chi connectivity index (χ2v) is 6.71. The Hall–Kier alpha value is -3.33. The van der Waals surface area contributed by atoms with Crippen molar-refractivity contribution in [1.29, 1.82) is 0 Å². The van der Waals surface area contributed by atoms with Gasteiger partial charge in [0.1, 0.15) is 17.3 Å². The van der Waals surface area contributed by atoms with E-state index in [-0.39, 0.29) is 23.3 Å². The number of anilines is 2. The fraction of sp³-hybridized carbons (Fsp3) is 0.158. The molecule has 0 aliphatic heterocycles. The number of pyridine rings is 1. The zero-order valence-electron chi connectivity index (χ0n) is 15.0. The minimum Gasteiger partial charge on any atom is -0.457 e. The number of aromatic nitrogens is 2. The summed E-state index contributed by atoms with van der Waals surface area (Å²) in [6.45, 7) is 1.74. The zero-order chi connectivity index (χ0) is 19.8. The van der Waals surface area contributed by atoms with Crippen LogP contribution in [0.25, 0.3) is 0 Å². The molecule has 3 rings (SSSR count). The van der Waals surface area contributed by atoms with Crippen LogP contribution in [0, 0.1) is 6.92 Å². The number of hydrogen-bond donors (Lipinski definition) is 2. The zero-order valence-corrected chi connectivity index (χ0v) is 15.9. The second kappa shape index (κ2) is 9.56. The smallest absolute Gasteiger partial charge is 0.235 e. The first-order valence-electron chi connectivity index (χ1n) is 8.37. The normalized spacial score (nSPS) is 10.3. The summed E-state index contributed by atoms with van der Waals surface area (Å²) in [5, 5.41) is 9.05. The number of carbonyl (C=O) groups is 2. The molecule has 0 atom stereocenters. The Labute approximate surface area is 165 Å². The van der Waals surface area contributed by atoms with Gasteiger partial charge in [-0.05, 0) is 43.3 Å². The molecular formula is C19H18N4O4S. The van der Waals surface area contributed by atoms with Crippen molar-refractivity contribution in [2.75, 3.05) is 22.1 Å². The first-order valence-corrected chi connectivity index (χ1v) is 9.53. The van der Waals surface area contributed by atoms with Crippen LogP contribution in [0.1, 0.15) is 5.76 Å². The monoisotopic (exact) mass is 398 g/mol. The summed E-state index contributed by atoms with van der Waals surface area (Å²) >= 11 is 1.21. The van der Waals surface area contributed by atoms with E-state index in [0.29, 0.717) is 28.8 Å².